The second-order valence-corrected chi connectivity index (χ2v) is 27.5. The molecule has 6 rings (SSSR count). The summed E-state index contributed by atoms with van der Waals surface area (Å²) in [5.41, 5.74) is 1.89. The summed E-state index contributed by atoms with van der Waals surface area (Å²) in [6, 6.07) is 7.28. The van der Waals surface area contributed by atoms with Gasteiger partial charge in [-0.05, 0) is 71.0 Å². The van der Waals surface area contributed by atoms with Crippen molar-refractivity contribution >= 4 is 55.7 Å². The van der Waals surface area contributed by atoms with Gasteiger partial charge in [-0.1, -0.05) is 40.4 Å². The van der Waals surface area contributed by atoms with Crippen molar-refractivity contribution in [2.75, 3.05) is 51.0 Å². The number of anilines is 1. The third kappa shape index (κ3) is 7.90. The first-order valence-electron chi connectivity index (χ1n) is 17.2. The van der Waals surface area contributed by atoms with Gasteiger partial charge in [-0.3, -0.25) is 4.57 Å². The minimum atomic E-state index is -2.04. The van der Waals surface area contributed by atoms with Gasteiger partial charge in [-0.25, -0.2) is 13.8 Å². The molecular weight excluding hydrogens is 779 g/mol. The van der Waals surface area contributed by atoms with Gasteiger partial charge in [0.05, 0.1) is 49.3 Å². The molecule has 0 amide bonds. The molecule has 1 aromatic carbocycles. The topological polar surface area (TPSA) is 76.4 Å². The third-order valence-corrected chi connectivity index (χ3v) is 17.3. The number of aromatic nitrogens is 2. The molecule has 2 aromatic heterocycles. The van der Waals surface area contributed by atoms with Crippen molar-refractivity contribution < 1.29 is 36.9 Å². The molecule has 3 saturated heterocycles. The lowest BCUT2D eigenvalue weighted by atomic mass is 10.1. The number of hydrogen-bond donors (Lipinski definition) is 0. The van der Waals surface area contributed by atoms with E-state index in [4.69, 9.17) is 33.1 Å². The van der Waals surface area contributed by atoms with Gasteiger partial charge in [0.15, 0.2) is 14.4 Å². The SMILES string of the molecule is CC(C)(C)[Si](C)(C)O[C@@H]1CO[C@H]2[C@@H]1OC[C@H]2Oc1c(I)c2nc(-c3c(F)cc(N4CCOCC4)cc3F)ccc2n1COCC[Si](C)(C)C. The van der Waals surface area contributed by atoms with E-state index in [2.05, 4.69) is 76.1 Å². The van der Waals surface area contributed by atoms with E-state index in [0.717, 1.165) is 15.1 Å². The molecule has 0 N–H and O–H groups in total. The largest absolute Gasteiger partial charge is 0.469 e. The lowest BCUT2D eigenvalue weighted by molar-refractivity contribution is 0.00828. The Balaban J connectivity index is 1.29. The summed E-state index contributed by atoms with van der Waals surface area (Å²) in [5.74, 6) is -0.740. The van der Waals surface area contributed by atoms with Crippen LogP contribution >= 0.6 is 22.6 Å². The number of pyridine rings is 1. The fourth-order valence-corrected chi connectivity index (χ4v) is 9.10. The second kappa shape index (κ2) is 14.4. The Morgan fingerprint density at radius 3 is 2.22 bits per heavy atom. The Morgan fingerprint density at radius 2 is 1.59 bits per heavy atom. The van der Waals surface area contributed by atoms with Crippen LogP contribution in [0.5, 0.6) is 5.88 Å². The van der Waals surface area contributed by atoms with E-state index in [1.165, 1.54) is 12.1 Å². The summed E-state index contributed by atoms with van der Waals surface area (Å²) >= 11 is 2.21. The highest BCUT2D eigenvalue weighted by molar-refractivity contribution is 14.1. The number of benzene rings is 1. The quantitative estimate of drug-likeness (QED) is 0.111. The summed E-state index contributed by atoms with van der Waals surface area (Å²) in [4.78, 5) is 6.75. The number of rotatable bonds is 11. The van der Waals surface area contributed by atoms with Crippen LogP contribution in [0.1, 0.15) is 20.8 Å². The van der Waals surface area contributed by atoms with Crippen LogP contribution in [0.25, 0.3) is 22.3 Å². The number of halogens is 3. The Kier molecular flexibility index (Phi) is 10.9. The van der Waals surface area contributed by atoms with Gasteiger partial charge in [0, 0.05) is 33.5 Å². The average Bonchev–Trinajstić information content (AvgIpc) is 3.68. The van der Waals surface area contributed by atoms with Crippen molar-refractivity contribution in [1.82, 2.24) is 9.55 Å². The molecule has 9 nitrogen and oxygen atoms in total. The molecule has 0 bridgehead atoms. The highest BCUT2D eigenvalue weighted by Crippen LogP contribution is 2.42. The highest BCUT2D eigenvalue weighted by atomic mass is 127. The van der Waals surface area contributed by atoms with Crippen LogP contribution in [-0.4, -0.2) is 96.5 Å². The van der Waals surface area contributed by atoms with Gasteiger partial charge in [0.25, 0.3) is 0 Å². The summed E-state index contributed by atoms with van der Waals surface area (Å²) in [6.45, 7) is 22.0. The van der Waals surface area contributed by atoms with E-state index in [-0.39, 0.29) is 47.4 Å². The van der Waals surface area contributed by atoms with Crippen LogP contribution in [0.15, 0.2) is 24.3 Å². The number of fused-ring (bicyclic) bond motifs is 2. The van der Waals surface area contributed by atoms with Crippen LogP contribution in [0.2, 0.25) is 43.8 Å². The maximum atomic E-state index is 15.6. The lowest BCUT2D eigenvalue weighted by Crippen LogP contribution is -2.47. The third-order valence-electron chi connectivity index (χ3n) is 10.2. The van der Waals surface area contributed by atoms with Crippen molar-refractivity contribution in [3.8, 4) is 17.1 Å². The monoisotopic (exact) mass is 829 g/mol. The molecule has 5 heterocycles. The zero-order chi connectivity index (χ0) is 35.3. The molecule has 0 saturated carbocycles. The van der Waals surface area contributed by atoms with Gasteiger partial charge in [-0.15, -0.1) is 0 Å². The molecular formula is C35H50F2IN3O6Si2. The van der Waals surface area contributed by atoms with Gasteiger partial charge in [-0.2, -0.15) is 0 Å². The number of morpholine rings is 1. The van der Waals surface area contributed by atoms with E-state index < -0.39 is 28.0 Å². The first-order chi connectivity index (χ1) is 23.0. The first kappa shape index (κ1) is 37.1. The highest BCUT2D eigenvalue weighted by Gasteiger charge is 2.52. The summed E-state index contributed by atoms with van der Waals surface area (Å²) in [5, 5.41) is 0.0641. The van der Waals surface area contributed by atoms with E-state index >= 15 is 8.78 Å². The molecule has 3 aromatic rings. The fraction of sp³-hybridized carbons (Fsp3) is 0.629. The Morgan fingerprint density at radius 1 is 0.959 bits per heavy atom. The smallest absolute Gasteiger partial charge is 0.212 e. The van der Waals surface area contributed by atoms with Crippen LogP contribution < -0.4 is 9.64 Å². The molecule has 0 unspecified atom stereocenters. The van der Waals surface area contributed by atoms with E-state index in [9.17, 15) is 0 Å². The van der Waals surface area contributed by atoms with Crippen molar-refractivity contribution in [1.29, 1.82) is 0 Å². The minimum Gasteiger partial charge on any atom is -0.469 e. The normalized spacial score (nSPS) is 23.4. The maximum Gasteiger partial charge on any atom is 0.212 e. The lowest BCUT2D eigenvalue weighted by Gasteiger charge is -2.39. The van der Waals surface area contributed by atoms with Crippen molar-refractivity contribution in [3.63, 3.8) is 0 Å². The average molecular weight is 830 g/mol. The van der Waals surface area contributed by atoms with Crippen LogP contribution in [-0.2, 0) is 30.1 Å². The first-order valence-corrected chi connectivity index (χ1v) is 24.9. The van der Waals surface area contributed by atoms with Gasteiger partial charge in [0.1, 0.15) is 39.7 Å². The van der Waals surface area contributed by atoms with E-state index in [1.54, 1.807) is 6.07 Å². The molecule has 3 aliphatic rings. The molecule has 3 aliphatic heterocycles. The number of nitrogens with zero attached hydrogens (tertiary/aromatic N) is 3. The Bertz CT molecular complexity index is 1630. The summed E-state index contributed by atoms with van der Waals surface area (Å²) < 4.78 is 71.5. The van der Waals surface area contributed by atoms with Gasteiger partial charge >= 0.3 is 0 Å². The Hall–Kier alpha value is -1.67. The van der Waals surface area contributed by atoms with Crippen molar-refractivity contribution in [2.24, 2.45) is 0 Å². The molecule has 14 heteroatoms. The van der Waals surface area contributed by atoms with Crippen molar-refractivity contribution in [3.05, 3.63) is 39.5 Å². The molecule has 4 atom stereocenters. The second-order valence-electron chi connectivity index (χ2n) is 16.0. The molecule has 270 valence electrons. The Labute approximate surface area is 304 Å². The molecule has 3 fully saturated rings. The van der Waals surface area contributed by atoms with Crippen molar-refractivity contribution in [2.45, 2.75) is 95.7 Å². The van der Waals surface area contributed by atoms with E-state index in [0.29, 0.717) is 63.2 Å². The fourth-order valence-electron chi connectivity index (χ4n) is 6.22. The summed E-state index contributed by atoms with van der Waals surface area (Å²) in [6.07, 6.45) is -1.04. The van der Waals surface area contributed by atoms with Crippen LogP contribution in [0.3, 0.4) is 0 Å². The molecule has 0 radical (unpaired) electrons. The zero-order valence-electron chi connectivity index (χ0n) is 29.9. The van der Waals surface area contributed by atoms with E-state index in [1.807, 2.05) is 15.5 Å². The van der Waals surface area contributed by atoms with Gasteiger partial charge in [0.2, 0.25) is 5.88 Å². The molecule has 0 aliphatic carbocycles. The predicted molar refractivity (Wildman–Crippen MR) is 201 cm³/mol. The molecule has 49 heavy (non-hydrogen) atoms. The van der Waals surface area contributed by atoms with Gasteiger partial charge < -0.3 is 33.0 Å². The number of hydrogen-bond acceptors (Lipinski definition) is 8. The maximum absolute atomic E-state index is 15.6. The predicted octanol–water partition coefficient (Wildman–Crippen LogP) is 7.67. The zero-order valence-corrected chi connectivity index (χ0v) is 34.1. The number of ether oxygens (including phenoxy) is 5. The molecule has 0 spiro atoms. The minimum absolute atomic E-state index is 0.0641. The standard InChI is InChI=1S/C35H50F2IN3O6Si2/c1-35(2,3)49(7,8)47-28-20-45-32-27(19-44-33(28)32)46-34-30(38)31-26(41(34)21-43-15-16-48(4,5)6)10-9-25(39-31)29-23(36)17-22(18-24(29)37)40-11-13-42-14-12-40/h9-10,17-18,27-28,32-33H,11-16,19-21H2,1-8H3/t27-,28-,32-,33-/m1/s1. The summed E-state index contributed by atoms with van der Waals surface area (Å²) in [7, 11) is -3.35. The van der Waals surface area contributed by atoms with Crippen LogP contribution in [0.4, 0.5) is 14.5 Å². The van der Waals surface area contributed by atoms with Crippen LogP contribution in [0, 0.1) is 15.2 Å².